The second-order valence-corrected chi connectivity index (χ2v) is 22.0. The topological polar surface area (TPSA) is 120 Å². The molecule has 9 nitrogen and oxygen atoms in total. The maximum Gasteiger partial charge on any atom is 0.309 e. The summed E-state index contributed by atoms with van der Waals surface area (Å²) in [5.74, 6) is -0.0495. The Bertz CT molecular complexity index is 1740. The molecule has 0 aromatic carbocycles. The molecule has 1 aromatic heterocycles. The maximum absolute atomic E-state index is 14.3. The van der Waals surface area contributed by atoms with Crippen molar-refractivity contribution in [1.29, 1.82) is 0 Å². The van der Waals surface area contributed by atoms with Crippen molar-refractivity contribution in [3.8, 4) is 0 Å². The van der Waals surface area contributed by atoms with E-state index in [0.29, 0.717) is 36.4 Å². The number of carbonyl (C=O) groups excluding carboxylic acids is 2. The lowest BCUT2D eigenvalue weighted by molar-refractivity contribution is -0.235. The van der Waals surface area contributed by atoms with Gasteiger partial charge in [-0.25, -0.2) is 0 Å². The zero-order valence-electron chi connectivity index (χ0n) is 36.8. The molecule has 57 heavy (non-hydrogen) atoms. The van der Waals surface area contributed by atoms with Crippen LogP contribution >= 0.6 is 11.6 Å². The van der Waals surface area contributed by atoms with E-state index in [1.54, 1.807) is 20.0 Å². The van der Waals surface area contributed by atoms with Crippen LogP contribution < -0.4 is 0 Å². The highest BCUT2D eigenvalue weighted by Crippen LogP contribution is 2.77. The molecule has 2 N–H and O–H groups in total. The largest absolute Gasteiger partial charge is 0.481 e. The van der Waals surface area contributed by atoms with Gasteiger partial charge < -0.3 is 19.8 Å². The molecule has 0 unspecified atom stereocenters. The quantitative estimate of drug-likeness (QED) is 0.188. The summed E-state index contributed by atoms with van der Waals surface area (Å²) in [4.78, 5) is 48.3. The van der Waals surface area contributed by atoms with Gasteiger partial charge in [0.05, 0.1) is 28.7 Å². The summed E-state index contributed by atoms with van der Waals surface area (Å²) in [5, 5.41) is 22.9. The molecule has 1 heterocycles. The molecule has 0 radical (unpaired) electrons. The highest BCUT2D eigenvalue weighted by atomic mass is 35.5. The minimum absolute atomic E-state index is 0.0299. The number of nitrogens with zero attached hydrogens (tertiary/aromatic N) is 3. The summed E-state index contributed by atoms with van der Waals surface area (Å²) in [6, 6.07) is 3.83. The number of pyridine rings is 1. The number of halogens is 1. The smallest absolute Gasteiger partial charge is 0.309 e. The molecule has 9 atom stereocenters. The second kappa shape index (κ2) is 15.6. The van der Waals surface area contributed by atoms with Gasteiger partial charge in [-0.1, -0.05) is 65.6 Å². The minimum atomic E-state index is -1.17. The summed E-state index contributed by atoms with van der Waals surface area (Å²) in [7, 11) is 4.14. The Balaban J connectivity index is 1.29. The number of allylic oxidation sites excluding steroid dienone is 1. The SMILES string of the molecule is CC(C)C1=C2[C@H]3CC[C@@H]4[C@@]5(C)CC[C@H](OC(=O)CC(C)(C)C(=O)O)C(C)(C)[C@@H]5CC[C@@]4(C)[C@]3(C)CC[C@@]2([C@H](O)CN(CCN(C)C)Cc2ccc(Cl)cn2)CC1=O. The molecule has 1 aromatic rings. The number of aromatic nitrogens is 1. The van der Waals surface area contributed by atoms with E-state index in [9.17, 15) is 24.6 Å². The van der Waals surface area contributed by atoms with Gasteiger partial charge in [0, 0.05) is 49.6 Å². The number of carboxylic acids is 1. The van der Waals surface area contributed by atoms with Gasteiger partial charge in [-0.3, -0.25) is 24.3 Å². The number of hydrogen-bond donors (Lipinski definition) is 2. The second-order valence-electron chi connectivity index (χ2n) is 21.6. The lowest BCUT2D eigenvalue weighted by Crippen LogP contribution is -2.66. The van der Waals surface area contributed by atoms with Crippen molar-refractivity contribution in [2.24, 2.45) is 56.2 Å². The predicted octanol–water partition coefficient (Wildman–Crippen LogP) is 8.85. The minimum Gasteiger partial charge on any atom is -0.481 e. The number of carbonyl (C=O) groups is 3. The highest BCUT2D eigenvalue weighted by molar-refractivity contribution is 6.30. The Kier molecular flexibility index (Phi) is 12.1. The van der Waals surface area contributed by atoms with Gasteiger partial charge in [-0.15, -0.1) is 0 Å². The van der Waals surface area contributed by atoms with E-state index in [-0.39, 0.29) is 51.8 Å². The first-order valence-corrected chi connectivity index (χ1v) is 22.2. The van der Waals surface area contributed by atoms with Crippen LogP contribution in [0.2, 0.25) is 5.02 Å². The van der Waals surface area contributed by atoms with Gasteiger partial charge in [0.15, 0.2) is 5.78 Å². The van der Waals surface area contributed by atoms with E-state index in [4.69, 9.17) is 16.3 Å². The summed E-state index contributed by atoms with van der Waals surface area (Å²) >= 11 is 6.18. The van der Waals surface area contributed by atoms with Crippen molar-refractivity contribution >= 4 is 29.3 Å². The summed E-state index contributed by atoms with van der Waals surface area (Å²) in [6.07, 6.45) is 8.70. The lowest BCUT2D eigenvalue weighted by Gasteiger charge is -2.72. The summed E-state index contributed by atoms with van der Waals surface area (Å²) in [6.45, 7) is 22.3. The summed E-state index contributed by atoms with van der Waals surface area (Å²) < 4.78 is 6.19. The van der Waals surface area contributed by atoms with Crippen molar-refractivity contribution in [3.05, 3.63) is 40.2 Å². The number of rotatable bonds is 13. The molecule has 0 aliphatic heterocycles. The average Bonchev–Trinajstić information content (AvgIpc) is 3.42. The van der Waals surface area contributed by atoms with Crippen LogP contribution in [0.5, 0.6) is 0 Å². The van der Waals surface area contributed by atoms with E-state index in [2.05, 4.69) is 77.3 Å². The Hall–Kier alpha value is -2.33. The molecule has 6 rings (SSSR count). The van der Waals surface area contributed by atoms with E-state index < -0.39 is 28.9 Å². The third kappa shape index (κ3) is 7.56. The van der Waals surface area contributed by atoms with Crippen LogP contribution in [0.15, 0.2) is 29.5 Å². The molecule has 318 valence electrons. The van der Waals surface area contributed by atoms with Gasteiger partial charge in [0.25, 0.3) is 0 Å². The molecule has 4 saturated carbocycles. The number of likely N-dealkylation sites (N-methyl/N-ethyl adjacent to an activating group) is 1. The number of fused-ring (bicyclic) bond motifs is 7. The third-order valence-corrected chi connectivity index (χ3v) is 17.2. The fraction of sp³-hybridized carbons (Fsp3) is 0.787. The third-order valence-electron chi connectivity index (χ3n) is 17.0. The molecular weight excluding hydrogens is 738 g/mol. The average molecular weight is 811 g/mol. The van der Waals surface area contributed by atoms with E-state index in [1.165, 1.54) is 5.57 Å². The standard InChI is InChI=1S/C47H72ClN3O6/c1-29(2)39-33(52)24-47(36(53)28-51(23-22-50(10)11)27-31-13-12-30(48)26-49-31)21-20-45(8)32(40(39)47)14-15-35-44(7)18-17-37(57-38(54)25-42(3,4)41(55)56)43(5,6)34(44)16-19-46(35,45)9/h12-13,26,29,32,34-37,53H,14-25,27-28H2,1-11H3,(H,55,56)/t32-,34+,35-,36-,37+,44+,45-,46-,47+/m1/s1. The van der Waals surface area contributed by atoms with Crippen LogP contribution in [0.4, 0.5) is 0 Å². The van der Waals surface area contributed by atoms with E-state index in [1.807, 2.05) is 12.1 Å². The lowest BCUT2D eigenvalue weighted by atomic mass is 9.33. The monoisotopic (exact) mass is 810 g/mol. The molecule has 0 saturated heterocycles. The molecule has 4 fully saturated rings. The number of carboxylic acid groups (broad SMARTS) is 1. The van der Waals surface area contributed by atoms with Crippen molar-refractivity contribution in [3.63, 3.8) is 0 Å². The molecular formula is C47H72ClN3O6. The van der Waals surface area contributed by atoms with E-state index in [0.717, 1.165) is 75.7 Å². The predicted molar refractivity (Wildman–Crippen MR) is 224 cm³/mol. The van der Waals surface area contributed by atoms with Gasteiger partial charge >= 0.3 is 11.9 Å². The van der Waals surface area contributed by atoms with Gasteiger partial charge in [0.2, 0.25) is 0 Å². The molecule has 10 heteroatoms. The van der Waals surface area contributed by atoms with Crippen molar-refractivity contribution < 1.29 is 29.3 Å². The van der Waals surface area contributed by atoms with Crippen LogP contribution in [0.25, 0.3) is 0 Å². The Morgan fingerprint density at radius 2 is 1.67 bits per heavy atom. The fourth-order valence-electron chi connectivity index (χ4n) is 13.6. The Morgan fingerprint density at radius 3 is 2.28 bits per heavy atom. The number of aliphatic hydroxyl groups excluding tert-OH is 1. The first kappa shape index (κ1) is 44.2. The Morgan fingerprint density at radius 1 is 0.965 bits per heavy atom. The molecule has 5 aliphatic carbocycles. The van der Waals surface area contributed by atoms with Crippen LogP contribution in [0, 0.1) is 56.2 Å². The van der Waals surface area contributed by atoms with Crippen LogP contribution in [0.3, 0.4) is 0 Å². The number of aliphatic carboxylic acids is 1. The highest BCUT2D eigenvalue weighted by Gasteiger charge is 2.71. The number of ether oxygens (including phenoxy) is 1. The van der Waals surface area contributed by atoms with Crippen molar-refractivity contribution in [1.82, 2.24) is 14.8 Å². The summed E-state index contributed by atoms with van der Waals surface area (Å²) in [5.41, 5.74) is 1.21. The van der Waals surface area contributed by atoms with Gasteiger partial charge in [-0.2, -0.15) is 0 Å². The molecule has 5 aliphatic rings. The van der Waals surface area contributed by atoms with Crippen molar-refractivity contribution in [2.45, 2.75) is 145 Å². The number of Topliss-reactive ketones (excluding diaryl/α,β-unsaturated/α-hetero) is 1. The van der Waals surface area contributed by atoms with Gasteiger partial charge in [0.1, 0.15) is 6.10 Å². The van der Waals surface area contributed by atoms with Crippen LogP contribution in [-0.2, 0) is 25.7 Å². The first-order valence-electron chi connectivity index (χ1n) is 21.8. The van der Waals surface area contributed by atoms with Crippen LogP contribution in [-0.4, -0.2) is 88.7 Å². The first-order chi connectivity index (χ1) is 26.4. The number of esters is 1. The van der Waals surface area contributed by atoms with Crippen LogP contribution in [0.1, 0.15) is 132 Å². The number of hydrogen-bond acceptors (Lipinski definition) is 8. The van der Waals surface area contributed by atoms with Crippen molar-refractivity contribution in [2.75, 3.05) is 33.7 Å². The molecule has 0 bridgehead atoms. The number of ketones is 1. The maximum atomic E-state index is 14.3. The number of aliphatic hydroxyl groups is 1. The zero-order chi connectivity index (χ0) is 42.1. The zero-order valence-corrected chi connectivity index (χ0v) is 37.6. The fourth-order valence-corrected chi connectivity index (χ4v) is 13.7. The van der Waals surface area contributed by atoms with E-state index >= 15 is 0 Å². The Labute approximate surface area is 347 Å². The molecule has 0 amide bonds. The molecule has 0 spiro atoms. The van der Waals surface area contributed by atoms with Gasteiger partial charge in [-0.05, 0) is 137 Å². The normalized spacial score (nSPS) is 35.5.